The number of aryl methyl sites for hydroxylation is 1. The summed E-state index contributed by atoms with van der Waals surface area (Å²) in [5, 5.41) is 18.2. The van der Waals surface area contributed by atoms with Crippen LogP contribution in [0.5, 0.6) is 0 Å². The van der Waals surface area contributed by atoms with Gasteiger partial charge in [0, 0.05) is 33.1 Å². The van der Waals surface area contributed by atoms with Gasteiger partial charge in [-0.3, -0.25) is 9.69 Å². The topological polar surface area (TPSA) is 74.5 Å². The Bertz CT molecular complexity index is 473. The van der Waals surface area contributed by atoms with Crippen LogP contribution in [0, 0.1) is 6.92 Å². The Morgan fingerprint density at radius 1 is 1.45 bits per heavy atom. The highest BCUT2D eigenvalue weighted by Crippen LogP contribution is 2.10. The Balaban J connectivity index is 1.80. The monoisotopic (exact) mass is 281 g/mol. The Morgan fingerprint density at radius 3 is 2.75 bits per heavy atom. The molecule has 1 aliphatic rings. The fourth-order valence-electron chi connectivity index (χ4n) is 2.46. The van der Waals surface area contributed by atoms with Gasteiger partial charge < -0.3 is 14.6 Å². The molecule has 1 aliphatic heterocycles. The lowest BCUT2D eigenvalue weighted by molar-refractivity contribution is -0.129. The normalized spacial score (nSPS) is 17.2. The smallest absolute Gasteiger partial charge is 0.222 e. The maximum absolute atomic E-state index is 11.5. The van der Waals surface area contributed by atoms with Gasteiger partial charge in [0.1, 0.15) is 11.6 Å². The number of rotatable bonds is 6. The molecule has 0 saturated carbocycles. The summed E-state index contributed by atoms with van der Waals surface area (Å²) in [4.78, 5) is 15.2. The van der Waals surface area contributed by atoms with E-state index < -0.39 is 6.10 Å². The summed E-state index contributed by atoms with van der Waals surface area (Å²) in [5.74, 6) is 1.89. The first-order valence-corrected chi connectivity index (χ1v) is 6.96. The molecule has 0 bridgehead atoms. The third-order valence-electron chi connectivity index (χ3n) is 3.72. The number of hydrogen-bond acceptors (Lipinski definition) is 5. The first-order chi connectivity index (χ1) is 9.47. The second kappa shape index (κ2) is 6.32. The van der Waals surface area contributed by atoms with Crippen LogP contribution >= 0.6 is 0 Å². The minimum atomic E-state index is -0.531. The predicted octanol–water partition coefficient (Wildman–Crippen LogP) is -0.461. The molecular weight excluding hydrogens is 258 g/mol. The van der Waals surface area contributed by atoms with Crippen LogP contribution in [0.15, 0.2) is 0 Å². The third kappa shape index (κ3) is 3.55. The largest absolute Gasteiger partial charge is 0.390 e. The standard InChI is InChI=1S/C13H23N5O2/c1-10-14-15-12(17(10)3)9-16(2)7-11(19)8-18-6-4-5-13(18)20/h11,19H,4-9H2,1-3H3. The van der Waals surface area contributed by atoms with E-state index in [-0.39, 0.29) is 5.91 Å². The van der Waals surface area contributed by atoms with E-state index in [1.165, 1.54) is 0 Å². The first-order valence-electron chi connectivity index (χ1n) is 6.96. The van der Waals surface area contributed by atoms with Crippen molar-refractivity contribution in [3.8, 4) is 0 Å². The van der Waals surface area contributed by atoms with Gasteiger partial charge in [-0.25, -0.2) is 0 Å². The molecule has 1 N–H and O–H groups in total. The van der Waals surface area contributed by atoms with Crippen LogP contribution in [-0.4, -0.2) is 68.4 Å². The molecule has 112 valence electrons. The molecule has 2 rings (SSSR count). The summed E-state index contributed by atoms with van der Waals surface area (Å²) in [6.07, 6.45) is 0.983. The average Bonchev–Trinajstić information content (AvgIpc) is 2.90. The van der Waals surface area contributed by atoms with Gasteiger partial charge in [-0.1, -0.05) is 0 Å². The number of aliphatic hydroxyl groups is 1. The Kier molecular flexibility index (Phi) is 4.72. The molecule has 0 spiro atoms. The van der Waals surface area contributed by atoms with Gasteiger partial charge in [0.2, 0.25) is 5.91 Å². The van der Waals surface area contributed by atoms with Crippen molar-refractivity contribution in [3.63, 3.8) is 0 Å². The molecule has 1 fully saturated rings. The van der Waals surface area contributed by atoms with Gasteiger partial charge >= 0.3 is 0 Å². The fourth-order valence-corrected chi connectivity index (χ4v) is 2.46. The van der Waals surface area contributed by atoms with Crippen LogP contribution in [-0.2, 0) is 18.4 Å². The molecule has 1 unspecified atom stereocenters. The van der Waals surface area contributed by atoms with Crippen molar-refractivity contribution in [2.45, 2.75) is 32.4 Å². The summed E-state index contributed by atoms with van der Waals surface area (Å²) in [5.41, 5.74) is 0. The highest BCUT2D eigenvalue weighted by Gasteiger charge is 2.23. The average molecular weight is 281 g/mol. The molecular formula is C13H23N5O2. The lowest BCUT2D eigenvalue weighted by atomic mass is 10.3. The van der Waals surface area contributed by atoms with Crippen LogP contribution in [0.25, 0.3) is 0 Å². The quantitative estimate of drug-likeness (QED) is 0.763. The minimum absolute atomic E-state index is 0.149. The maximum atomic E-state index is 11.5. The number of β-amino-alcohol motifs (C(OH)–C–C–N with tert-alkyl or cyclic N) is 1. The molecule has 2 heterocycles. The zero-order valence-corrected chi connectivity index (χ0v) is 12.4. The van der Waals surface area contributed by atoms with E-state index in [0.717, 1.165) is 24.6 Å². The van der Waals surface area contributed by atoms with Crippen LogP contribution in [0.4, 0.5) is 0 Å². The van der Waals surface area contributed by atoms with Crippen molar-refractivity contribution in [1.82, 2.24) is 24.6 Å². The molecule has 0 radical (unpaired) electrons. The van der Waals surface area contributed by atoms with E-state index in [4.69, 9.17) is 0 Å². The second-order valence-corrected chi connectivity index (χ2v) is 5.52. The number of likely N-dealkylation sites (N-methyl/N-ethyl adjacent to an activating group) is 1. The fraction of sp³-hybridized carbons (Fsp3) is 0.769. The molecule has 7 heteroatoms. The Morgan fingerprint density at radius 2 is 2.20 bits per heavy atom. The molecule has 1 atom stereocenters. The van der Waals surface area contributed by atoms with Crippen molar-refractivity contribution in [1.29, 1.82) is 0 Å². The molecule has 1 aromatic rings. The van der Waals surface area contributed by atoms with Crippen LogP contribution in [0.3, 0.4) is 0 Å². The van der Waals surface area contributed by atoms with Crippen molar-refractivity contribution in [3.05, 3.63) is 11.6 Å². The highest BCUT2D eigenvalue weighted by atomic mass is 16.3. The van der Waals surface area contributed by atoms with Gasteiger partial charge in [-0.2, -0.15) is 0 Å². The van der Waals surface area contributed by atoms with Crippen molar-refractivity contribution in [2.24, 2.45) is 7.05 Å². The first kappa shape index (κ1) is 14.9. The van der Waals surface area contributed by atoms with E-state index in [2.05, 4.69) is 10.2 Å². The Labute approximate surface area is 119 Å². The predicted molar refractivity (Wildman–Crippen MR) is 73.9 cm³/mol. The number of carbonyl (C=O) groups excluding carboxylic acids is 1. The molecule has 1 saturated heterocycles. The number of hydrogen-bond donors (Lipinski definition) is 1. The van der Waals surface area contributed by atoms with Gasteiger partial charge in [0.25, 0.3) is 0 Å². The lowest BCUT2D eigenvalue weighted by Crippen LogP contribution is -2.39. The lowest BCUT2D eigenvalue weighted by Gasteiger charge is -2.24. The van der Waals surface area contributed by atoms with Crippen molar-refractivity contribution < 1.29 is 9.90 Å². The molecule has 0 aromatic carbocycles. The van der Waals surface area contributed by atoms with Gasteiger partial charge in [0.15, 0.2) is 0 Å². The van der Waals surface area contributed by atoms with Crippen LogP contribution < -0.4 is 0 Å². The summed E-state index contributed by atoms with van der Waals surface area (Å²) < 4.78 is 1.94. The van der Waals surface area contributed by atoms with Crippen molar-refractivity contribution in [2.75, 3.05) is 26.7 Å². The third-order valence-corrected chi connectivity index (χ3v) is 3.72. The number of likely N-dealkylation sites (tertiary alicyclic amines) is 1. The number of aromatic nitrogens is 3. The maximum Gasteiger partial charge on any atom is 0.222 e. The van der Waals surface area contributed by atoms with Crippen LogP contribution in [0.2, 0.25) is 0 Å². The van der Waals surface area contributed by atoms with E-state index in [9.17, 15) is 9.90 Å². The molecule has 7 nitrogen and oxygen atoms in total. The number of carbonyl (C=O) groups is 1. The minimum Gasteiger partial charge on any atom is -0.390 e. The molecule has 0 aliphatic carbocycles. The highest BCUT2D eigenvalue weighted by molar-refractivity contribution is 5.78. The van der Waals surface area contributed by atoms with Gasteiger partial charge in [0.05, 0.1) is 12.6 Å². The zero-order chi connectivity index (χ0) is 14.7. The number of aliphatic hydroxyl groups excluding tert-OH is 1. The summed E-state index contributed by atoms with van der Waals surface area (Å²) >= 11 is 0. The molecule has 1 aromatic heterocycles. The number of amides is 1. The van der Waals surface area contributed by atoms with E-state index in [1.807, 2.05) is 30.5 Å². The zero-order valence-electron chi connectivity index (χ0n) is 12.4. The van der Waals surface area contributed by atoms with Gasteiger partial charge in [-0.15, -0.1) is 10.2 Å². The van der Waals surface area contributed by atoms with Crippen molar-refractivity contribution >= 4 is 5.91 Å². The summed E-state index contributed by atoms with van der Waals surface area (Å²) in [6, 6.07) is 0. The number of nitrogens with zero attached hydrogens (tertiary/aromatic N) is 5. The SMILES string of the molecule is Cc1nnc(CN(C)CC(O)CN2CCCC2=O)n1C. The second-order valence-electron chi connectivity index (χ2n) is 5.52. The van der Waals surface area contributed by atoms with Crippen LogP contribution in [0.1, 0.15) is 24.5 Å². The van der Waals surface area contributed by atoms with E-state index >= 15 is 0 Å². The molecule has 1 amide bonds. The summed E-state index contributed by atoms with van der Waals surface area (Å²) in [7, 11) is 3.86. The summed E-state index contributed by atoms with van der Waals surface area (Å²) in [6.45, 7) is 4.23. The van der Waals surface area contributed by atoms with Gasteiger partial charge in [-0.05, 0) is 20.4 Å². The van der Waals surface area contributed by atoms with E-state index in [1.54, 1.807) is 4.90 Å². The Hall–Kier alpha value is -1.47. The molecule has 20 heavy (non-hydrogen) atoms. The van der Waals surface area contributed by atoms with E-state index in [0.29, 0.717) is 26.1 Å².